The molecule has 1 atom stereocenters. The number of ether oxygens (including phenoxy) is 1. The Bertz CT molecular complexity index is 492. The van der Waals surface area contributed by atoms with Gasteiger partial charge in [0.05, 0.1) is 18.1 Å². The zero-order valence-corrected chi connectivity index (χ0v) is 12.2. The van der Waals surface area contributed by atoms with Gasteiger partial charge < -0.3 is 10.1 Å². The predicted molar refractivity (Wildman–Crippen MR) is 78.7 cm³/mol. The number of aryl methyl sites for hydroxylation is 1. The molecule has 1 unspecified atom stereocenters. The van der Waals surface area contributed by atoms with Crippen molar-refractivity contribution >= 4 is 5.91 Å². The van der Waals surface area contributed by atoms with E-state index in [2.05, 4.69) is 23.5 Å². The normalized spacial score (nSPS) is 23.6. The van der Waals surface area contributed by atoms with Crippen molar-refractivity contribution in [2.75, 3.05) is 13.7 Å². The summed E-state index contributed by atoms with van der Waals surface area (Å²) in [6.45, 7) is 0.632. The van der Waals surface area contributed by atoms with Crippen LogP contribution in [0.4, 0.5) is 0 Å². The molecule has 0 spiro atoms. The third-order valence-corrected chi connectivity index (χ3v) is 4.82. The van der Waals surface area contributed by atoms with Gasteiger partial charge in [-0.25, -0.2) is 0 Å². The van der Waals surface area contributed by atoms with Gasteiger partial charge in [0, 0.05) is 7.11 Å². The largest absolute Gasteiger partial charge is 0.382 e. The lowest BCUT2D eigenvalue weighted by Gasteiger charge is -2.31. The fourth-order valence-electron chi connectivity index (χ4n) is 3.81. The Morgan fingerprint density at radius 3 is 2.85 bits per heavy atom. The van der Waals surface area contributed by atoms with E-state index in [-0.39, 0.29) is 17.4 Å². The van der Waals surface area contributed by atoms with Gasteiger partial charge in [-0.1, -0.05) is 37.1 Å². The second kappa shape index (κ2) is 5.57. The summed E-state index contributed by atoms with van der Waals surface area (Å²) < 4.78 is 5.35. The first kappa shape index (κ1) is 13.6. The number of carbonyl (C=O) groups excluding carboxylic acids is 1. The summed E-state index contributed by atoms with van der Waals surface area (Å²) in [6.07, 6.45) is 6.41. The van der Waals surface area contributed by atoms with E-state index in [9.17, 15) is 4.79 Å². The first-order valence-electron chi connectivity index (χ1n) is 7.63. The van der Waals surface area contributed by atoms with Crippen LogP contribution in [0.3, 0.4) is 0 Å². The summed E-state index contributed by atoms with van der Waals surface area (Å²) in [5, 5.41) is 3.31. The molecule has 0 heterocycles. The van der Waals surface area contributed by atoms with Crippen LogP contribution in [0.2, 0.25) is 0 Å². The molecular weight excluding hydrogens is 250 g/mol. The van der Waals surface area contributed by atoms with Gasteiger partial charge in [0.1, 0.15) is 0 Å². The number of benzene rings is 1. The number of nitrogens with one attached hydrogen (secondary N) is 1. The highest BCUT2D eigenvalue weighted by molar-refractivity contribution is 5.85. The molecule has 2 aliphatic rings. The Kier molecular flexibility index (Phi) is 3.79. The highest BCUT2D eigenvalue weighted by Crippen LogP contribution is 2.35. The summed E-state index contributed by atoms with van der Waals surface area (Å²) >= 11 is 0. The van der Waals surface area contributed by atoms with E-state index in [1.807, 2.05) is 6.07 Å². The zero-order valence-electron chi connectivity index (χ0n) is 12.2. The zero-order chi connectivity index (χ0) is 14.0. The second-order valence-electron chi connectivity index (χ2n) is 6.20. The molecule has 108 valence electrons. The van der Waals surface area contributed by atoms with Gasteiger partial charge in [0.25, 0.3) is 0 Å². The lowest BCUT2D eigenvalue weighted by Crippen LogP contribution is -2.51. The molecule has 0 bridgehead atoms. The molecular formula is C17H23NO2. The summed E-state index contributed by atoms with van der Waals surface area (Å²) in [6, 6.07) is 8.33. The van der Waals surface area contributed by atoms with E-state index >= 15 is 0 Å². The van der Waals surface area contributed by atoms with E-state index in [0.29, 0.717) is 6.61 Å². The minimum absolute atomic E-state index is 0.0283. The number of carbonyl (C=O) groups is 1. The van der Waals surface area contributed by atoms with Crippen molar-refractivity contribution in [2.45, 2.75) is 50.0 Å². The molecule has 1 saturated carbocycles. The first-order chi connectivity index (χ1) is 9.74. The van der Waals surface area contributed by atoms with Gasteiger partial charge in [-0.2, -0.15) is 0 Å². The van der Waals surface area contributed by atoms with E-state index < -0.39 is 0 Å². The predicted octanol–water partition coefficient (Wildman–Crippen LogP) is 2.79. The standard InChI is InChI=1S/C17H23NO2/c1-20-12-17(10-4-5-11-17)18-16(19)15-9-8-13-6-2-3-7-14(13)15/h2-3,6-7,15H,4-5,8-12H2,1H3,(H,18,19). The van der Waals surface area contributed by atoms with Gasteiger partial charge in [-0.3, -0.25) is 4.79 Å². The summed E-state index contributed by atoms with van der Waals surface area (Å²) in [7, 11) is 1.72. The van der Waals surface area contributed by atoms with Crippen LogP contribution >= 0.6 is 0 Å². The molecule has 0 saturated heterocycles. The van der Waals surface area contributed by atoms with Crippen molar-refractivity contribution in [3.8, 4) is 0 Å². The van der Waals surface area contributed by atoms with Crippen molar-refractivity contribution in [2.24, 2.45) is 0 Å². The molecule has 3 heteroatoms. The van der Waals surface area contributed by atoms with Crippen LogP contribution in [-0.2, 0) is 16.0 Å². The number of methoxy groups -OCH3 is 1. The van der Waals surface area contributed by atoms with Gasteiger partial charge in [0.2, 0.25) is 5.91 Å². The molecule has 20 heavy (non-hydrogen) atoms. The Morgan fingerprint density at radius 2 is 2.10 bits per heavy atom. The quantitative estimate of drug-likeness (QED) is 0.916. The third kappa shape index (κ3) is 2.47. The smallest absolute Gasteiger partial charge is 0.228 e. The van der Waals surface area contributed by atoms with Crippen LogP contribution in [0.5, 0.6) is 0 Å². The highest BCUT2D eigenvalue weighted by atomic mass is 16.5. The number of amides is 1. The average molecular weight is 273 g/mol. The number of hydrogen-bond donors (Lipinski definition) is 1. The lowest BCUT2D eigenvalue weighted by atomic mass is 9.95. The number of rotatable bonds is 4. The SMILES string of the molecule is COCC1(NC(=O)C2CCc3ccccc32)CCCC1. The molecule has 1 amide bonds. The molecule has 2 aliphatic carbocycles. The van der Waals surface area contributed by atoms with Gasteiger partial charge in [0.15, 0.2) is 0 Å². The van der Waals surface area contributed by atoms with Crippen molar-refractivity contribution in [3.05, 3.63) is 35.4 Å². The van der Waals surface area contributed by atoms with Crippen molar-refractivity contribution in [3.63, 3.8) is 0 Å². The molecule has 1 fully saturated rings. The van der Waals surface area contributed by atoms with Gasteiger partial charge in [-0.05, 0) is 36.8 Å². The Balaban J connectivity index is 1.74. The minimum atomic E-state index is -0.122. The molecule has 3 nitrogen and oxygen atoms in total. The molecule has 1 aromatic rings. The maximum absolute atomic E-state index is 12.7. The average Bonchev–Trinajstić information content (AvgIpc) is 3.06. The number of hydrogen-bond acceptors (Lipinski definition) is 2. The molecule has 3 rings (SSSR count). The van der Waals surface area contributed by atoms with Crippen LogP contribution < -0.4 is 5.32 Å². The maximum atomic E-state index is 12.7. The van der Waals surface area contributed by atoms with E-state index in [0.717, 1.165) is 25.7 Å². The van der Waals surface area contributed by atoms with E-state index in [1.165, 1.54) is 24.0 Å². The van der Waals surface area contributed by atoms with Crippen LogP contribution in [-0.4, -0.2) is 25.2 Å². The van der Waals surface area contributed by atoms with E-state index in [4.69, 9.17) is 4.74 Å². The topological polar surface area (TPSA) is 38.3 Å². The van der Waals surface area contributed by atoms with Crippen molar-refractivity contribution in [1.82, 2.24) is 5.32 Å². The maximum Gasteiger partial charge on any atom is 0.228 e. The molecule has 0 aromatic heterocycles. The van der Waals surface area contributed by atoms with Crippen molar-refractivity contribution < 1.29 is 9.53 Å². The fourth-order valence-corrected chi connectivity index (χ4v) is 3.81. The van der Waals surface area contributed by atoms with Gasteiger partial charge in [-0.15, -0.1) is 0 Å². The Morgan fingerprint density at radius 1 is 1.35 bits per heavy atom. The Labute approximate surface area is 120 Å². The first-order valence-corrected chi connectivity index (χ1v) is 7.63. The monoisotopic (exact) mass is 273 g/mol. The second-order valence-corrected chi connectivity index (χ2v) is 6.20. The third-order valence-electron chi connectivity index (χ3n) is 4.82. The molecule has 0 aliphatic heterocycles. The van der Waals surface area contributed by atoms with Crippen LogP contribution in [0, 0.1) is 0 Å². The van der Waals surface area contributed by atoms with Crippen molar-refractivity contribution in [1.29, 1.82) is 0 Å². The summed E-state index contributed by atoms with van der Waals surface area (Å²) in [4.78, 5) is 12.7. The van der Waals surface area contributed by atoms with Gasteiger partial charge >= 0.3 is 0 Å². The molecule has 1 aromatic carbocycles. The molecule has 1 N–H and O–H groups in total. The molecule has 0 radical (unpaired) electrons. The minimum Gasteiger partial charge on any atom is -0.382 e. The van der Waals surface area contributed by atoms with Crippen LogP contribution in [0.25, 0.3) is 0 Å². The van der Waals surface area contributed by atoms with Crippen LogP contribution in [0.1, 0.15) is 49.1 Å². The summed E-state index contributed by atoms with van der Waals surface area (Å²) in [5.74, 6) is 0.217. The van der Waals surface area contributed by atoms with Crippen LogP contribution in [0.15, 0.2) is 24.3 Å². The highest BCUT2D eigenvalue weighted by Gasteiger charge is 2.38. The Hall–Kier alpha value is -1.35. The lowest BCUT2D eigenvalue weighted by molar-refractivity contribution is -0.125. The fraction of sp³-hybridized carbons (Fsp3) is 0.588. The number of fused-ring (bicyclic) bond motifs is 1. The summed E-state index contributed by atoms with van der Waals surface area (Å²) in [5.41, 5.74) is 2.43. The van der Waals surface area contributed by atoms with E-state index in [1.54, 1.807) is 7.11 Å².